The van der Waals surface area contributed by atoms with E-state index in [1.807, 2.05) is 28.9 Å². The van der Waals surface area contributed by atoms with Gasteiger partial charge in [0.2, 0.25) is 0 Å². The van der Waals surface area contributed by atoms with Gasteiger partial charge >= 0.3 is 0 Å². The van der Waals surface area contributed by atoms with Gasteiger partial charge in [-0.15, -0.1) is 5.10 Å². The summed E-state index contributed by atoms with van der Waals surface area (Å²) in [7, 11) is 5.09. The maximum absolute atomic E-state index is 5.53. The monoisotopic (exact) mass is 452 g/mol. The molecule has 33 heavy (non-hydrogen) atoms. The van der Waals surface area contributed by atoms with Crippen molar-refractivity contribution in [3.05, 3.63) is 65.5 Å². The lowest BCUT2D eigenvalue weighted by Crippen LogP contribution is -2.48. The number of methoxy groups -OCH3 is 3. The highest BCUT2D eigenvalue weighted by Gasteiger charge is 2.30. The standard InChI is InChI=1S/C24H32N6O3/c1-31-17-16-30-24(25-26-27-30)23(19-8-10-21(32-2)11-9-19)29-14-12-28(13-15-29)18-20-6-4-5-7-22(20)33-3/h4-11,23H,12-18H2,1-3H3. The van der Waals surface area contributed by atoms with Crippen LogP contribution in [0.5, 0.6) is 11.5 Å². The largest absolute Gasteiger partial charge is 0.497 e. The molecule has 3 aromatic rings. The predicted octanol–water partition coefficient (Wildman–Crippen LogP) is 2.24. The van der Waals surface area contributed by atoms with Crippen molar-refractivity contribution in [3.63, 3.8) is 0 Å². The Kier molecular flexibility index (Phi) is 7.87. The molecule has 0 N–H and O–H groups in total. The summed E-state index contributed by atoms with van der Waals surface area (Å²) in [6, 6.07) is 16.4. The number of benzene rings is 2. The summed E-state index contributed by atoms with van der Waals surface area (Å²) in [4.78, 5) is 4.92. The second-order valence-corrected chi connectivity index (χ2v) is 8.05. The summed E-state index contributed by atoms with van der Waals surface area (Å²) in [5, 5.41) is 12.6. The summed E-state index contributed by atoms with van der Waals surface area (Å²) >= 11 is 0. The van der Waals surface area contributed by atoms with Crippen molar-refractivity contribution < 1.29 is 14.2 Å². The molecule has 0 bridgehead atoms. The highest BCUT2D eigenvalue weighted by atomic mass is 16.5. The lowest BCUT2D eigenvalue weighted by atomic mass is 10.0. The molecule has 2 aromatic carbocycles. The van der Waals surface area contributed by atoms with Gasteiger partial charge in [-0.3, -0.25) is 9.80 Å². The van der Waals surface area contributed by atoms with Crippen LogP contribution in [-0.4, -0.2) is 84.1 Å². The SMILES string of the molecule is COCCn1nnnc1C(c1ccc(OC)cc1)N1CCN(Cc2ccccc2OC)CC1. The van der Waals surface area contributed by atoms with Crippen molar-refractivity contribution in [2.75, 3.05) is 54.1 Å². The Morgan fingerprint density at radius 3 is 2.36 bits per heavy atom. The van der Waals surface area contributed by atoms with Crippen molar-refractivity contribution in [1.29, 1.82) is 0 Å². The van der Waals surface area contributed by atoms with E-state index in [4.69, 9.17) is 14.2 Å². The van der Waals surface area contributed by atoms with Gasteiger partial charge in [-0.1, -0.05) is 30.3 Å². The molecule has 0 aliphatic carbocycles. The minimum atomic E-state index is -0.0452. The number of para-hydroxylation sites is 1. The Bertz CT molecular complexity index is 1000. The van der Waals surface area contributed by atoms with Crippen LogP contribution in [0.3, 0.4) is 0 Å². The third-order valence-corrected chi connectivity index (χ3v) is 6.10. The van der Waals surface area contributed by atoms with Gasteiger partial charge in [0, 0.05) is 45.4 Å². The Hall–Kier alpha value is -3.01. The van der Waals surface area contributed by atoms with E-state index in [2.05, 4.69) is 49.6 Å². The van der Waals surface area contributed by atoms with Crippen LogP contribution in [0.15, 0.2) is 48.5 Å². The molecule has 1 aromatic heterocycles. The number of nitrogens with zero attached hydrogens (tertiary/aromatic N) is 6. The highest BCUT2D eigenvalue weighted by Crippen LogP contribution is 2.30. The zero-order chi connectivity index (χ0) is 23.0. The number of aromatic nitrogens is 4. The Labute approximate surface area is 194 Å². The van der Waals surface area contributed by atoms with Gasteiger partial charge in [0.25, 0.3) is 0 Å². The molecule has 1 fully saturated rings. The summed E-state index contributed by atoms with van der Waals surface area (Å²) in [5.41, 5.74) is 2.35. The van der Waals surface area contributed by atoms with E-state index in [-0.39, 0.29) is 6.04 Å². The van der Waals surface area contributed by atoms with E-state index >= 15 is 0 Å². The first-order valence-corrected chi connectivity index (χ1v) is 11.2. The minimum absolute atomic E-state index is 0.0452. The van der Waals surface area contributed by atoms with Gasteiger partial charge in [0.1, 0.15) is 11.5 Å². The van der Waals surface area contributed by atoms with E-state index in [9.17, 15) is 0 Å². The first-order valence-electron chi connectivity index (χ1n) is 11.2. The number of hydrogen-bond donors (Lipinski definition) is 0. The molecular formula is C24H32N6O3. The van der Waals surface area contributed by atoms with Crippen molar-refractivity contribution in [2.24, 2.45) is 0 Å². The number of piperazine rings is 1. The van der Waals surface area contributed by atoms with Gasteiger partial charge in [0.15, 0.2) is 5.82 Å². The molecule has 1 unspecified atom stereocenters. The van der Waals surface area contributed by atoms with Gasteiger partial charge in [-0.25, -0.2) is 4.68 Å². The lowest BCUT2D eigenvalue weighted by Gasteiger charge is -2.39. The summed E-state index contributed by atoms with van der Waals surface area (Å²) in [6.07, 6.45) is 0. The molecule has 1 aliphatic rings. The zero-order valence-electron chi connectivity index (χ0n) is 19.6. The molecule has 1 atom stereocenters. The molecule has 1 saturated heterocycles. The summed E-state index contributed by atoms with van der Waals surface area (Å²) in [6.45, 7) is 5.75. The topological polar surface area (TPSA) is 77.8 Å². The minimum Gasteiger partial charge on any atom is -0.497 e. The maximum Gasteiger partial charge on any atom is 0.173 e. The van der Waals surface area contributed by atoms with Crippen LogP contribution in [0.25, 0.3) is 0 Å². The van der Waals surface area contributed by atoms with Gasteiger partial charge in [0.05, 0.1) is 33.4 Å². The van der Waals surface area contributed by atoms with Gasteiger partial charge < -0.3 is 14.2 Å². The second kappa shape index (κ2) is 11.2. The third kappa shape index (κ3) is 5.50. The molecule has 176 valence electrons. The third-order valence-electron chi connectivity index (χ3n) is 6.10. The molecular weight excluding hydrogens is 420 g/mol. The fourth-order valence-electron chi connectivity index (χ4n) is 4.31. The lowest BCUT2D eigenvalue weighted by molar-refractivity contribution is 0.0983. The molecule has 0 spiro atoms. The zero-order valence-corrected chi connectivity index (χ0v) is 19.6. The summed E-state index contributed by atoms with van der Waals surface area (Å²) in [5.74, 6) is 2.60. The number of tetrazole rings is 1. The van der Waals surface area contributed by atoms with Crippen LogP contribution in [-0.2, 0) is 17.8 Å². The van der Waals surface area contributed by atoms with E-state index in [0.717, 1.165) is 55.6 Å². The van der Waals surface area contributed by atoms with Crippen LogP contribution in [0, 0.1) is 0 Å². The van der Waals surface area contributed by atoms with Crippen molar-refractivity contribution in [1.82, 2.24) is 30.0 Å². The fourth-order valence-corrected chi connectivity index (χ4v) is 4.31. The molecule has 1 aliphatic heterocycles. The van der Waals surface area contributed by atoms with Crippen LogP contribution in [0.1, 0.15) is 23.0 Å². The van der Waals surface area contributed by atoms with Gasteiger partial charge in [-0.05, 0) is 34.2 Å². The highest BCUT2D eigenvalue weighted by molar-refractivity contribution is 5.34. The first kappa shape index (κ1) is 23.2. The van der Waals surface area contributed by atoms with E-state index in [0.29, 0.717) is 13.2 Å². The molecule has 0 radical (unpaired) electrons. The summed E-state index contributed by atoms with van der Waals surface area (Å²) < 4.78 is 18.0. The predicted molar refractivity (Wildman–Crippen MR) is 124 cm³/mol. The van der Waals surface area contributed by atoms with Crippen molar-refractivity contribution in [2.45, 2.75) is 19.1 Å². The molecule has 9 heteroatoms. The maximum atomic E-state index is 5.53. The number of hydrogen-bond acceptors (Lipinski definition) is 8. The fraction of sp³-hybridized carbons (Fsp3) is 0.458. The van der Waals surface area contributed by atoms with Crippen LogP contribution in [0.4, 0.5) is 0 Å². The van der Waals surface area contributed by atoms with Crippen molar-refractivity contribution >= 4 is 0 Å². The normalized spacial score (nSPS) is 16.0. The van der Waals surface area contributed by atoms with Crippen LogP contribution in [0.2, 0.25) is 0 Å². The van der Waals surface area contributed by atoms with E-state index < -0.39 is 0 Å². The van der Waals surface area contributed by atoms with Crippen molar-refractivity contribution in [3.8, 4) is 11.5 Å². The number of ether oxygens (including phenoxy) is 3. The van der Waals surface area contributed by atoms with E-state index in [1.54, 1.807) is 21.3 Å². The van der Waals surface area contributed by atoms with Gasteiger partial charge in [-0.2, -0.15) is 0 Å². The Morgan fingerprint density at radius 2 is 1.67 bits per heavy atom. The molecule has 9 nitrogen and oxygen atoms in total. The Balaban J connectivity index is 1.52. The average molecular weight is 453 g/mol. The van der Waals surface area contributed by atoms with E-state index in [1.165, 1.54) is 5.56 Å². The Morgan fingerprint density at radius 1 is 0.909 bits per heavy atom. The molecule has 0 saturated carbocycles. The van der Waals surface area contributed by atoms with Crippen LogP contribution < -0.4 is 9.47 Å². The molecule has 0 amide bonds. The second-order valence-electron chi connectivity index (χ2n) is 8.05. The smallest absolute Gasteiger partial charge is 0.173 e. The molecule has 2 heterocycles. The average Bonchev–Trinajstić information content (AvgIpc) is 3.32. The quantitative estimate of drug-likeness (QED) is 0.464. The van der Waals surface area contributed by atoms with Crippen LogP contribution >= 0.6 is 0 Å². The number of rotatable bonds is 10. The molecule has 4 rings (SSSR count). The first-order chi connectivity index (χ1) is 16.2.